The fourth-order valence-electron chi connectivity index (χ4n) is 1.37. The fraction of sp³-hybridized carbons (Fsp3) is 0.714. The van der Waals surface area contributed by atoms with Crippen LogP contribution in [0.15, 0.2) is 0 Å². The van der Waals surface area contributed by atoms with Crippen LogP contribution in [0.1, 0.15) is 12.8 Å². The van der Waals surface area contributed by atoms with Crippen LogP contribution in [0.3, 0.4) is 0 Å². The van der Waals surface area contributed by atoms with Crippen LogP contribution < -0.4 is 5.73 Å². The minimum absolute atomic E-state index is 0.00134. The van der Waals surface area contributed by atoms with Gasteiger partial charge in [-0.3, -0.25) is 9.59 Å². The van der Waals surface area contributed by atoms with Crippen LogP contribution in [0.25, 0.3) is 0 Å². The van der Waals surface area contributed by atoms with Gasteiger partial charge in [0.1, 0.15) is 0 Å². The second-order valence-corrected chi connectivity index (χ2v) is 3.86. The predicted octanol–water partition coefficient (Wildman–Crippen LogP) is 0.739. The number of likely N-dealkylation sites (tertiary alicyclic amines) is 1. The van der Waals surface area contributed by atoms with E-state index in [1.807, 2.05) is 0 Å². The number of rotatable bonds is 1. The number of halogens is 1. The van der Waals surface area contributed by atoms with Gasteiger partial charge in [0.15, 0.2) is 0 Å². The van der Waals surface area contributed by atoms with Crippen molar-refractivity contribution in [3.05, 3.63) is 0 Å². The van der Waals surface area contributed by atoms with Gasteiger partial charge in [-0.05, 0) is 12.8 Å². The lowest BCUT2D eigenvalue weighted by molar-refractivity contribution is -0.122. The van der Waals surface area contributed by atoms with E-state index >= 15 is 0 Å². The molecule has 5 heteroatoms. The van der Waals surface area contributed by atoms with Crippen LogP contribution in [0.4, 0.5) is 4.79 Å². The van der Waals surface area contributed by atoms with Gasteiger partial charge in [-0.15, -0.1) is 0 Å². The van der Waals surface area contributed by atoms with Crippen molar-refractivity contribution < 1.29 is 9.59 Å². The van der Waals surface area contributed by atoms with Crippen molar-refractivity contribution in [1.82, 2.24) is 4.90 Å². The molecular weight excluding hydrogens is 271 g/mol. The highest BCUT2D eigenvalue weighted by Gasteiger charge is 2.25. The summed E-state index contributed by atoms with van der Waals surface area (Å²) in [5, 5.41) is 0. The summed E-state index contributed by atoms with van der Waals surface area (Å²) >= 11 is 1.73. The Morgan fingerprint density at radius 1 is 1.50 bits per heavy atom. The fourth-order valence-corrected chi connectivity index (χ4v) is 1.81. The van der Waals surface area contributed by atoms with Gasteiger partial charge in [-0.1, -0.05) is 0 Å². The van der Waals surface area contributed by atoms with E-state index in [0.29, 0.717) is 6.54 Å². The van der Waals surface area contributed by atoms with Crippen molar-refractivity contribution in [2.75, 3.05) is 13.1 Å². The molecular formula is C7H11IN2O2. The molecule has 0 aromatic rings. The zero-order valence-corrected chi connectivity index (χ0v) is 8.78. The number of nitrogens with two attached hydrogens (primary N) is 1. The van der Waals surface area contributed by atoms with Gasteiger partial charge in [-0.2, -0.15) is 0 Å². The molecule has 0 bridgehead atoms. The summed E-state index contributed by atoms with van der Waals surface area (Å²) in [4.78, 5) is 23.4. The Labute approximate surface area is 84.6 Å². The molecule has 0 aliphatic carbocycles. The Hall–Kier alpha value is -0.330. The van der Waals surface area contributed by atoms with E-state index in [4.69, 9.17) is 5.73 Å². The number of carbonyl (C=O) groups excluding carboxylic acids is 2. The molecule has 2 N–H and O–H groups in total. The van der Waals surface area contributed by atoms with Crippen LogP contribution in [-0.2, 0) is 4.79 Å². The van der Waals surface area contributed by atoms with Crippen molar-refractivity contribution >= 4 is 32.4 Å². The molecule has 0 radical (unpaired) electrons. The van der Waals surface area contributed by atoms with E-state index < -0.39 is 0 Å². The molecule has 1 aliphatic rings. The Bertz CT molecular complexity index is 188. The summed E-state index contributed by atoms with van der Waals surface area (Å²) in [5.74, 6) is -0.435. The van der Waals surface area contributed by atoms with Crippen LogP contribution in [0, 0.1) is 5.92 Å². The lowest BCUT2D eigenvalue weighted by Gasteiger charge is -2.29. The van der Waals surface area contributed by atoms with E-state index in [1.54, 1.807) is 27.5 Å². The summed E-state index contributed by atoms with van der Waals surface area (Å²) in [7, 11) is 0. The molecule has 1 unspecified atom stereocenters. The van der Waals surface area contributed by atoms with Gasteiger partial charge in [0, 0.05) is 35.7 Å². The Balaban J connectivity index is 2.51. The number of amides is 2. The van der Waals surface area contributed by atoms with E-state index in [9.17, 15) is 9.59 Å². The molecule has 12 heavy (non-hydrogen) atoms. The first-order chi connectivity index (χ1) is 5.61. The topological polar surface area (TPSA) is 63.4 Å². The molecule has 1 fully saturated rings. The Kier molecular flexibility index (Phi) is 3.30. The lowest BCUT2D eigenvalue weighted by Crippen LogP contribution is -2.41. The SMILES string of the molecule is NC(=O)C1CCCN(C(=O)I)C1. The van der Waals surface area contributed by atoms with Crippen molar-refractivity contribution in [2.24, 2.45) is 11.7 Å². The minimum atomic E-state index is -0.294. The van der Waals surface area contributed by atoms with E-state index in [-0.39, 0.29) is 15.7 Å². The second kappa shape index (κ2) is 4.06. The molecule has 1 saturated heterocycles. The van der Waals surface area contributed by atoms with E-state index in [0.717, 1.165) is 19.4 Å². The maximum atomic E-state index is 10.9. The van der Waals surface area contributed by atoms with Gasteiger partial charge >= 0.3 is 0 Å². The van der Waals surface area contributed by atoms with Crippen LogP contribution in [0.5, 0.6) is 0 Å². The molecule has 2 amide bonds. The third-order valence-corrected chi connectivity index (χ3v) is 2.75. The molecule has 1 aliphatic heterocycles. The zero-order chi connectivity index (χ0) is 9.14. The first-order valence-electron chi connectivity index (χ1n) is 3.85. The maximum Gasteiger partial charge on any atom is 0.283 e. The molecule has 1 rings (SSSR count). The lowest BCUT2D eigenvalue weighted by atomic mass is 9.98. The highest BCUT2D eigenvalue weighted by atomic mass is 127. The number of piperidine rings is 1. The van der Waals surface area contributed by atoms with Gasteiger partial charge in [0.05, 0.1) is 5.92 Å². The first-order valence-corrected chi connectivity index (χ1v) is 4.93. The number of hydrogen-bond donors (Lipinski definition) is 1. The third-order valence-electron chi connectivity index (χ3n) is 2.07. The quantitative estimate of drug-likeness (QED) is 0.438. The number of hydrogen-bond acceptors (Lipinski definition) is 2. The normalized spacial score (nSPS) is 23.8. The van der Waals surface area contributed by atoms with Crippen molar-refractivity contribution in [2.45, 2.75) is 12.8 Å². The molecule has 4 nitrogen and oxygen atoms in total. The van der Waals surface area contributed by atoms with Gasteiger partial charge in [0.25, 0.3) is 3.91 Å². The largest absolute Gasteiger partial charge is 0.369 e. The summed E-state index contributed by atoms with van der Waals surface area (Å²) in [6, 6.07) is 0. The van der Waals surface area contributed by atoms with Gasteiger partial charge in [0.2, 0.25) is 5.91 Å². The van der Waals surface area contributed by atoms with Crippen LogP contribution in [0.2, 0.25) is 0 Å². The van der Waals surface area contributed by atoms with Gasteiger partial charge < -0.3 is 10.6 Å². The Morgan fingerprint density at radius 2 is 2.17 bits per heavy atom. The highest BCUT2D eigenvalue weighted by molar-refractivity contribution is 14.1. The summed E-state index contributed by atoms with van der Waals surface area (Å²) in [5.41, 5.74) is 5.15. The second-order valence-electron chi connectivity index (χ2n) is 2.94. The minimum Gasteiger partial charge on any atom is -0.369 e. The van der Waals surface area contributed by atoms with Gasteiger partial charge in [-0.25, -0.2) is 0 Å². The maximum absolute atomic E-state index is 10.9. The molecule has 0 aromatic carbocycles. The molecule has 1 atom stereocenters. The number of nitrogens with zero attached hydrogens (tertiary/aromatic N) is 1. The first kappa shape index (κ1) is 9.76. The Morgan fingerprint density at radius 3 is 2.67 bits per heavy atom. The third kappa shape index (κ3) is 2.33. The van der Waals surface area contributed by atoms with Crippen molar-refractivity contribution in [3.8, 4) is 0 Å². The molecule has 0 saturated carbocycles. The summed E-state index contributed by atoms with van der Waals surface area (Å²) in [6.07, 6.45) is 1.69. The molecule has 1 heterocycles. The highest BCUT2D eigenvalue weighted by Crippen LogP contribution is 2.17. The zero-order valence-electron chi connectivity index (χ0n) is 6.62. The van der Waals surface area contributed by atoms with E-state index in [1.165, 1.54) is 0 Å². The summed E-state index contributed by atoms with van der Waals surface area (Å²) < 4.78 is -0.00134. The van der Waals surface area contributed by atoms with Crippen molar-refractivity contribution in [1.29, 1.82) is 0 Å². The van der Waals surface area contributed by atoms with Crippen molar-refractivity contribution in [3.63, 3.8) is 0 Å². The number of primary amides is 1. The average Bonchev–Trinajstić information content (AvgIpc) is 2.04. The monoisotopic (exact) mass is 282 g/mol. The van der Waals surface area contributed by atoms with Crippen LogP contribution in [-0.4, -0.2) is 27.8 Å². The molecule has 68 valence electrons. The van der Waals surface area contributed by atoms with E-state index in [2.05, 4.69) is 0 Å². The van der Waals surface area contributed by atoms with Crippen LogP contribution >= 0.6 is 22.6 Å². The number of carbonyl (C=O) groups is 2. The molecule has 0 spiro atoms. The molecule has 0 aromatic heterocycles. The smallest absolute Gasteiger partial charge is 0.283 e. The predicted molar refractivity (Wildman–Crippen MR) is 52.9 cm³/mol. The standard InChI is InChI=1S/C7H11IN2O2/c8-7(12)10-3-1-2-5(4-10)6(9)11/h5H,1-4H2,(H2,9,11). The summed E-state index contributed by atoms with van der Waals surface area (Å²) in [6.45, 7) is 1.25. The average molecular weight is 282 g/mol.